The monoisotopic (exact) mass is 273 g/mol. The first-order chi connectivity index (χ1) is 8.49. The second kappa shape index (κ2) is 6.75. The molecule has 5 nitrogen and oxygen atoms in total. The lowest BCUT2D eigenvalue weighted by molar-refractivity contribution is 0.0769. The van der Waals surface area contributed by atoms with E-state index in [1.165, 1.54) is 0 Å². The van der Waals surface area contributed by atoms with E-state index >= 15 is 0 Å². The molecule has 0 aliphatic rings. The van der Waals surface area contributed by atoms with Crippen molar-refractivity contribution in [1.82, 2.24) is 14.7 Å². The van der Waals surface area contributed by atoms with Crippen molar-refractivity contribution in [2.24, 2.45) is 0 Å². The third-order valence-electron chi connectivity index (χ3n) is 2.59. The summed E-state index contributed by atoms with van der Waals surface area (Å²) in [7, 11) is 3.32. The average molecular weight is 274 g/mol. The summed E-state index contributed by atoms with van der Waals surface area (Å²) in [6.45, 7) is 5.37. The lowest BCUT2D eigenvalue weighted by atomic mass is 10.3. The molecule has 1 rings (SSSR count). The maximum absolute atomic E-state index is 12.2. The number of ether oxygens (including phenoxy) is 1. The minimum Gasteiger partial charge on any atom is -0.383 e. The molecule has 1 amide bonds. The topological polar surface area (TPSA) is 47.4 Å². The fraction of sp³-hybridized carbons (Fsp3) is 0.667. The zero-order chi connectivity index (χ0) is 13.7. The quantitative estimate of drug-likeness (QED) is 0.739. The Morgan fingerprint density at radius 3 is 2.89 bits per heavy atom. The molecule has 1 aromatic heterocycles. The zero-order valence-corrected chi connectivity index (χ0v) is 12.1. The summed E-state index contributed by atoms with van der Waals surface area (Å²) in [5.41, 5.74) is 1.44. The molecule has 18 heavy (non-hydrogen) atoms. The van der Waals surface area contributed by atoms with E-state index in [2.05, 4.69) is 5.10 Å². The fourth-order valence-corrected chi connectivity index (χ4v) is 2.10. The summed E-state index contributed by atoms with van der Waals surface area (Å²) in [4.78, 5) is 13.8. The summed E-state index contributed by atoms with van der Waals surface area (Å²) >= 11 is 6.04. The van der Waals surface area contributed by atoms with Crippen LogP contribution in [0.25, 0.3) is 0 Å². The van der Waals surface area contributed by atoms with Crippen LogP contribution in [0, 0.1) is 6.92 Å². The Kier molecular flexibility index (Phi) is 5.62. The number of methoxy groups -OCH3 is 1. The number of amides is 1. The Hall–Kier alpha value is -1.07. The summed E-state index contributed by atoms with van der Waals surface area (Å²) in [5, 5.41) is 4.05. The van der Waals surface area contributed by atoms with Gasteiger partial charge < -0.3 is 9.64 Å². The van der Waals surface area contributed by atoms with Crippen molar-refractivity contribution in [3.8, 4) is 0 Å². The number of alkyl halides is 1. The van der Waals surface area contributed by atoms with Crippen LogP contribution in [0.4, 0.5) is 0 Å². The molecule has 0 aromatic carbocycles. The molecule has 0 aliphatic carbocycles. The normalized spacial score (nSPS) is 12.5. The Bertz CT molecular complexity index is 406. The number of hydrogen-bond donors (Lipinski definition) is 0. The predicted molar refractivity (Wildman–Crippen MR) is 71.1 cm³/mol. The lowest BCUT2D eigenvalue weighted by Gasteiger charge is -2.20. The van der Waals surface area contributed by atoms with Gasteiger partial charge in [-0.05, 0) is 19.9 Å². The van der Waals surface area contributed by atoms with E-state index in [0.29, 0.717) is 25.4 Å². The SMILES string of the molecule is CCn1nc(C)cc1C(=O)N(C)CC(Cl)COC. The van der Waals surface area contributed by atoms with Gasteiger partial charge in [0.2, 0.25) is 0 Å². The van der Waals surface area contributed by atoms with E-state index in [1.807, 2.05) is 13.8 Å². The van der Waals surface area contributed by atoms with E-state index in [4.69, 9.17) is 16.3 Å². The molecule has 1 heterocycles. The molecule has 0 radical (unpaired) electrons. The molecule has 0 fully saturated rings. The second-order valence-corrected chi connectivity index (χ2v) is 4.84. The fourth-order valence-electron chi connectivity index (χ4n) is 1.77. The molecular formula is C12H20ClN3O2. The number of nitrogens with zero attached hydrogens (tertiary/aromatic N) is 3. The van der Waals surface area contributed by atoms with E-state index in [-0.39, 0.29) is 11.3 Å². The van der Waals surface area contributed by atoms with Crippen LogP contribution in [0.3, 0.4) is 0 Å². The third kappa shape index (κ3) is 3.71. The molecule has 0 spiro atoms. The van der Waals surface area contributed by atoms with Gasteiger partial charge in [0.1, 0.15) is 5.69 Å². The van der Waals surface area contributed by atoms with Gasteiger partial charge in [-0.1, -0.05) is 0 Å². The highest BCUT2D eigenvalue weighted by molar-refractivity contribution is 6.21. The highest BCUT2D eigenvalue weighted by atomic mass is 35.5. The van der Waals surface area contributed by atoms with Crippen molar-refractivity contribution in [1.29, 1.82) is 0 Å². The number of aryl methyl sites for hydroxylation is 2. The predicted octanol–water partition coefficient (Wildman–Crippen LogP) is 1.54. The van der Waals surface area contributed by atoms with Gasteiger partial charge in [-0.2, -0.15) is 5.10 Å². The Morgan fingerprint density at radius 2 is 2.33 bits per heavy atom. The number of carbonyl (C=O) groups is 1. The number of aromatic nitrogens is 2. The van der Waals surface area contributed by atoms with Crippen LogP contribution in [-0.4, -0.2) is 53.3 Å². The Morgan fingerprint density at radius 1 is 1.67 bits per heavy atom. The molecular weight excluding hydrogens is 254 g/mol. The molecule has 102 valence electrons. The van der Waals surface area contributed by atoms with Gasteiger partial charge in [-0.3, -0.25) is 9.48 Å². The van der Waals surface area contributed by atoms with Gasteiger partial charge in [0.25, 0.3) is 5.91 Å². The molecule has 1 aromatic rings. The minimum atomic E-state index is -0.206. The van der Waals surface area contributed by atoms with Gasteiger partial charge >= 0.3 is 0 Å². The summed E-state index contributed by atoms with van der Waals surface area (Å²) < 4.78 is 6.65. The van der Waals surface area contributed by atoms with Crippen LogP contribution in [0.2, 0.25) is 0 Å². The van der Waals surface area contributed by atoms with E-state index in [1.54, 1.807) is 29.8 Å². The van der Waals surface area contributed by atoms with Crippen LogP contribution in [0.5, 0.6) is 0 Å². The van der Waals surface area contributed by atoms with Crippen molar-refractivity contribution in [3.63, 3.8) is 0 Å². The van der Waals surface area contributed by atoms with Crippen LogP contribution < -0.4 is 0 Å². The van der Waals surface area contributed by atoms with Gasteiger partial charge in [-0.15, -0.1) is 11.6 Å². The number of halogens is 1. The first-order valence-corrected chi connectivity index (χ1v) is 6.36. The van der Waals surface area contributed by atoms with Crippen LogP contribution in [0.15, 0.2) is 6.07 Å². The van der Waals surface area contributed by atoms with Crippen molar-refractivity contribution in [3.05, 3.63) is 17.5 Å². The smallest absolute Gasteiger partial charge is 0.271 e. The van der Waals surface area contributed by atoms with Crippen LogP contribution in [-0.2, 0) is 11.3 Å². The van der Waals surface area contributed by atoms with E-state index in [0.717, 1.165) is 5.69 Å². The van der Waals surface area contributed by atoms with Crippen molar-refractivity contribution < 1.29 is 9.53 Å². The molecule has 0 aliphatic heterocycles. The maximum Gasteiger partial charge on any atom is 0.271 e. The summed E-state index contributed by atoms with van der Waals surface area (Å²) in [6.07, 6.45) is 0. The molecule has 1 atom stereocenters. The van der Waals surface area contributed by atoms with E-state index in [9.17, 15) is 4.79 Å². The second-order valence-electron chi connectivity index (χ2n) is 4.23. The zero-order valence-electron chi connectivity index (χ0n) is 11.3. The van der Waals surface area contributed by atoms with Crippen LogP contribution in [0.1, 0.15) is 23.1 Å². The van der Waals surface area contributed by atoms with Crippen molar-refractivity contribution in [2.45, 2.75) is 25.8 Å². The third-order valence-corrected chi connectivity index (χ3v) is 2.85. The largest absolute Gasteiger partial charge is 0.383 e. The molecule has 0 N–H and O–H groups in total. The average Bonchev–Trinajstić information content (AvgIpc) is 2.69. The maximum atomic E-state index is 12.2. The van der Waals surface area contributed by atoms with Gasteiger partial charge in [-0.25, -0.2) is 0 Å². The number of hydrogen-bond acceptors (Lipinski definition) is 3. The van der Waals surface area contributed by atoms with Crippen molar-refractivity contribution in [2.75, 3.05) is 27.3 Å². The first kappa shape index (κ1) is 15.0. The van der Waals surface area contributed by atoms with Crippen molar-refractivity contribution >= 4 is 17.5 Å². The lowest BCUT2D eigenvalue weighted by Crippen LogP contribution is -2.35. The Labute approximate surface area is 113 Å². The Balaban J connectivity index is 2.73. The van der Waals surface area contributed by atoms with E-state index < -0.39 is 0 Å². The first-order valence-electron chi connectivity index (χ1n) is 5.92. The molecule has 0 saturated carbocycles. The molecule has 6 heteroatoms. The van der Waals surface area contributed by atoms with Gasteiger partial charge in [0.05, 0.1) is 17.7 Å². The van der Waals surface area contributed by atoms with Gasteiger partial charge in [0, 0.05) is 27.2 Å². The standard InChI is InChI=1S/C12H20ClN3O2/c1-5-16-11(6-9(2)14-16)12(17)15(3)7-10(13)8-18-4/h6,10H,5,7-8H2,1-4H3. The highest BCUT2D eigenvalue weighted by Gasteiger charge is 2.19. The number of rotatable bonds is 6. The summed E-state index contributed by atoms with van der Waals surface area (Å²) in [6, 6.07) is 1.79. The highest BCUT2D eigenvalue weighted by Crippen LogP contribution is 2.09. The van der Waals surface area contributed by atoms with Gasteiger partial charge in [0.15, 0.2) is 0 Å². The van der Waals surface area contributed by atoms with Crippen LogP contribution >= 0.6 is 11.6 Å². The minimum absolute atomic E-state index is 0.0702. The molecule has 1 unspecified atom stereocenters. The summed E-state index contributed by atoms with van der Waals surface area (Å²) in [5.74, 6) is -0.0702. The number of carbonyl (C=O) groups excluding carboxylic acids is 1. The molecule has 0 bridgehead atoms. The molecule has 0 saturated heterocycles.